The van der Waals surface area contributed by atoms with Gasteiger partial charge in [0.1, 0.15) is 41.7 Å². The van der Waals surface area contributed by atoms with Gasteiger partial charge in [-0.1, -0.05) is 86.6 Å². The number of amides is 1. The van der Waals surface area contributed by atoms with Gasteiger partial charge in [-0.25, -0.2) is 19.7 Å². The molecular weight excluding hydrogens is 911 g/mol. The number of fused-ring (bicyclic) bond motifs is 1. The van der Waals surface area contributed by atoms with Gasteiger partial charge < -0.3 is 49.0 Å². The lowest BCUT2D eigenvalue weighted by Gasteiger charge is -2.44. The van der Waals surface area contributed by atoms with E-state index < -0.39 is 61.2 Å². The van der Waals surface area contributed by atoms with Gasteiger partial charge in [-0.3, -0.25) is 4.57 Å². The number of hydrogen-bond donors (Lipinski definition) is 4. The molecule has 2 aromatic carbocycles. The van der Waals surface area contributed by atoms with Crippen LogP contribution in [0.25, 0.3) is 22.3 Å². The number of nitrogen functional groups attached to an aromatic ring is 1. The predicted molar refractivity (Wildman–Crippen MR) is 281 cm³/mol. The Morgan fingerprint density at radius 2 is 1.46 bits per heavy atom. The van der Waals surface area contributed by atoms with E-state index in [2.05, 4.69) is 117 Å². The molecule has 1 fully saturated rings. The minimum atomic E-state index is -2.49. The minimum Gasteiger partial charge on any atom is -0.508 e. The summed E-state index contributed by atoms with van der Waals surface area (Å²) < 4.78 is 43.1. The third-order valence-electron chi connectivity index (χ3n) is 14.1. The maximum atomic E-state index is 12.2. The molecule has 0 bridgehead atoms. The van der Waals surface area contributed by atoms with E-state index in [0.717, 1.165) is 16.7 Å². The van der Waals surface area contributed by atoms with Crippen molar-refractivity contribution in [2.24, 2.45) is 0 Å². The van der Waals surface area contributed by atoms with Crippen LogP contribution in [0.1, 0.15) is 108 Å². The molecule has 0 aliphatic carbocycles. The Balaban J connectivity index is 1.54. The summed E-state index contributed by atoms with van der Waals surface area (Å²) in [7, 11) is -7.14. The van der Waals surface area contributed by atoms with Crippen LogP contribution in [0.4, 0.5) is 16.6 Å². The Labute approximate surface area is 409 Å². The molecule has 4 atom stereocenters. The van der Waals surface area contributed by atoms with Crippen molar-refractivity contribution in [3.63, 3.8) is 0 Å². The van der Waals surface area contributed by atoms with Gasteiger partial charge >= 0.3 is 6.09 Å². The Bertz CT molecular complexity index is 2350. The number of aromatic hydroxyl groups is 1. The number of imidazole rings is 1. The molecule has 18 heteroatoms. The third kappa shape index (κ3) is 13.4. The van der Waals surface area contributed by atoms with Crippen LogP contribution in [0.3, 0.4) is 0 Å². The summed E-state index contributed by atoms with van der Waals surface area (Å²) in [5.74, 6) is 1.53. The summed E-state index contributed by atoms with van der Waals surface area (Å²) in [5.41, 5.74) is 9.50. The van der Waals surface area contributed by atoms with E-state index in [1.807, 2.05) is 55.7 Å². The smallest absolute Gasteiger partial charge is 0.407 e. The number of alkyl carbamates (subject to hydrolysis) is 1. The van der Waals surface area contributed by atoms with Gasteiger partial charge in [0.15, 0.2) is 48.2 Å². The fourth-order valence-electron chi connectivity index (χ4n) is 6.95. The van der Waals surface area contributed by atoms with Crippen molar-refractivity contribution in [3.05, 3.63) is 54.4 Å². The molecule has 1 aliphatic rings. The Morgan fingerprint density at radius 3 is 2.06 bits per heavy atom. The number of hydrogen-bond acceptors (Lipinski definition) is 13. The number of unbranched alkanes of at least 4 members (excludes halogenated alkanes) is 1. The Morgan fingerprint density at radius 1 is 0.824 bits per heavy atom. The average molecular weight is 995 g/mol. The average Bonchev–Trinajstić information content (AvgIpc) is 3.72. The highest BCUT2D eigenvalue weighted by molar-refractivity contribution is 6.75. The number of carbonyl (C=O) groups excluding carboxylic acids is 1. The molecule has 1 aliphatic heterocycles. The monoisotopic (exact) mass is 994 g/mol. The van der Waals surface area contributed by atoms with Crippen LogP contribution >= 0.6 is 0 Å². The molecule has 378 valence electrons. The molecule has 1 amide bonds. The van der Waals surface area contributed by atoms with Crippen molar-refractivity contribution in [2.45, 2.75) is 187 Å². The van der Waals surface area contributed by atoms with Crippen LogP contribution < -0.4 is 21.1 Å². The molecule has 0 saturated carbocycles. The van der Waals surface area contributed by atoms with Crippen LogP contribution in [0.5, 0.6) is 11.5 Å². The second kappa shape index (κ2) is 20.7. The number of benzene rings is 2. The quantitative estimate of drug-likeness (QED) is 0.0545. The van der Waals surface area contributed by atoms with E-state index in [4.69, 9.17) is 43.2 Å². The first-order chi connectivity index (χ1) is 31.2. The first-order valence-corrected chi connectivity index (χ1v) is 32.8. The Kier molecular flexibility index (Phi) is 16.7. The molecular formula is C50H83N7O8Si3. The van der Waals surface area contributed by atoms with Crippen molar-refractivity contribution in [3.8, 4) is 22.6 Å². The summed E-state index contributed by atoms with van der Waals surface area (Å²) in [6.07, 6.45) is 0.156. The highest BCUT2D eigenvalue weighted by Gasteiger charge is 2.55. The molecule has 0 spiro atoms. The lowest BCUT2D eigenvalue weighted by molar-refractivity contribution is -0.0461. The van der Waals surface area contributed by atoms with E-state index in [1.54, 1.807) is 12.1 Å². The van der Waals surface area contributed by atoms with Crippen molar-refractivity contribution in [1.29, 1.82) is 0 Å². The van der Waals surface area contributed by atoms with Crippen molar-refractivity contribution >= 4 is 54.0 Å². The molecule has 0 radical (unpaired) electrons. The number of nitrogens with one attached hydrogen (secondary N) is 2. The summed E-state index contributed by atoms with van der Waals surface area (Å²) in [4.78, 5) is 26.4. The second-order valence-electron chi connectivity index (χ2n) is 23.8. The number of phenols is 1. The molecule has 4 aromatic rings. The van der Waals surface area contributed by atoms with E-state index in [0.29, 0.717) is 62.0 Å². The lowest BCUT2D eigenvalue weighted by atomic mass is 10.0. The standard InChI is InChI=1S/C50H83N7O8Si3/c1-47(2,3)63-46(59)52-26-19-20-27-60-37-28-33(24-25-36(37)34-22-21-23-35(58)29-34)30-53-45-56-39-42(51)54-32-55-43(39)57(45)44-41(65-68(17,18)50(10,11)12)40(64-67(15,16)49(7,8)9)38(62-44)31-61-66(13,14)48(4,5)6/h21-25,28-29,32,38,40-41,44,58H,19-20,26-27,30-31H2,1-18H3,(H,52,59)(H,53,56)(H2,51,54,55)/t38-,40-,41-,44-/m1/s1. The van der Waals surface area contributed by atoms with Crippen LogP contribution in [-0.2, 0) is 29.3 Å². The molecule has 0 unspecified atom stereocenters. The number of carbonyl (C=O) groups is 1. The predicted octanol–water partition coefficient (Wildman–Crippen LogP) is 11.8. The molecule has 1 saturated heterocycles. The summed E-state index contributed by atoms with van der Waals surface area (Å²) in [5, 5.41) is 16.6. The van der Waals surface area contributed by atoms with Gasteiger partial charge in [-0.05, 0) is 117 Å². The zero-order chi connectivity index (χ0) is 50.8. The van der Waals surface area contributed by atoms with Gasteiger partial charge in [-0.15, -0.1) is 0 Å². The van der Waals surface area contributed by atoms with E-state index in [-0.39, 0.29) is 26.7 Å². The van der Waals surface area contributed by atoms with Crippen LogP contribution in [0.15, 0.2) is 48.8 Å². The number of nitrogens with zero attached hydrogens (tertiary/aromatic N) is 4. The summed E-state index contributed by atoms with van der Waals surface area (Å²) in [6, 6.07) is 13.1. The van der Waals surface area contributed by atoms with Crippen LogP contribution in [-0.4, -0.2) is 99.3 Å². The number of nitrogens with two attached hydrogens (primary N) is 1. The lowest BCUT2D eigenvalue weighted by Crippen LogP contribution is -2.54. The summed E-state index contributed by atoms with van der Waals surface area (Å²) in [6.45, 7) is 40.9. The maximum Gasteiger partial charge on any atom is 0.407 e. The van der Waals surface area contributed by atoms with E-state index in [9.17, 15) is 9.90 Å². The van der Waals surface area contributed by atoms with Crippen molar-refractivity contribution in [2.75, 3.05) is 30.8 Å². The molecule has 5 rings (SSSR count). The molecule has 68 heavy (non-hydrogen) atoms. The zero-order valence-electron chi connectivity index (χ0n) is 44.3. The normalized spacial score (nSPS) is 18.8. The summed E-state index contributed by atoms with van der Waals surface area (Å²) >= 11 is 0. The van der Waals surface area contributed by atoms with Gasteiger partial charge in [0.05, 0.1) is 13.2 Å². The van der Waals surface area contributed by atoms with Gasteiger partial charge in [0.2, 0.25) is 5.95 Å². The maximum absolute atomic E-state index is 12.2. The van der Waals surface area contributed by atoms with Gasteiger partial charge in [0, 0.05) is 18.7 Å². The Hall–Kier alpha value is -4.05. The van der Waals surface area contributed by atoms with Crippen molar-refractivity contribution < 1.29 is 37.4 Å². The highest BCUT2D eigenvalue weighted by atomic mass is 28.4. The third-order valence-corrected chi connectivity index (χ3v) is 27.5. The number of ether oxygens (including phenoxy) is 3. The van der Waals surface area contributed by atoms with Gasteiger partial charge in [-0.2, -0.15) is 0 Å². The molecule has 3 heterocycles. The minimum absolute atomic E-state index is 0.0173. The topological polar surface area (TPSA) is 186 Å². The van der Waals surface area contributed by atoms with E-state index >= 15 is 0 Å². The first kappa shape index (κ1) is 54.9. The second-order valence-corrected chi connectivity index (χ2v) is 38.1. The molecule has 2 aromatic heterocycles. The van der Waals surface area contributed by atoms with Crippen LogP contribution in [0.2, 0.25) is 54.4 Å². The van der Waals surface area contributed by atoms with E-state index in [1.165, 1.54) is 6.33 Å². The fourth-order valence-corrected chi connectivity index (χ4v) is 10.6. The number of rotatable bonds is 18. The first-order valence-electron chi connectivity index (χ1n) is 24.1. The molecule has 5 N–H and O–H groups in total. The fraction of sp³-hybridized carbons (Fsp3) is 0.640. The SMILES string of the molecule is CC(C)(C)OC(=O)NCCCCOc1cc(CNc2nc3c(N)ncnc3n2[C@@H]2O[C@H](CO[Si](C)(C)C(C)(C)C)[C@@H](O[Si](C)(C)C(C)(C)C)[C@H]2O[Si](C)(C)C(C)(C)C)ccc1-c1cccc(O)c1. The number of aromatic nitrogens is 4. The number of phenolic OH excluding ortho intramolecular Hbond substituents is 1. The van der Waals surface area contributed by atoms with Crippen molar-refractivity contribution in [1.82, 2.24) is 24.8 Å². The largest absolute Gasteiger partial charge is 0.508 e. The zero-order valence-corrected chi connectivity index (χ0v) is 47.3. The molecule has 15 nitrogen and oxygen atoms in total. The highest BCUT2D eigenvalue weighted by Crippen LogP contribution is 2.48. The number of anilines is 2. The van der Waals surface area contributed by atoms with Gasteiger partial charge in [0.25, 0.3) is 0 Å². The van der Waals surface area contributed by atoms with Crippen LogP contribution in [0, 0.1) is 0 Å².